The zero-order valence-corrected chi connectivity index (χ0v) is 28.7. The van der Waals surface area contributed by atoms with Gasteiger partial charge in [0.25, 0.3) is 23.6 Å². The molecule has 0 aliphatic carbocycles. The number of aromatic nitrogens is 3. The average Bonchev–Trinajstić information content (AvgIpc) is 3.82. The first-order valence-electron chi connectivity index (χ1n) is 16.5. The molecule has 4 rings (SSSR count). The van der Waals surface area contributed by atoms with Gasteiger partial charge in [-0.1, -0.05) is 13.3 Å². The van der Waals surface area contributed by atoms with Crippen molar-refractivity contribution in [2.24, 2.45) is 21.1 Å². The molecule has 3 aromatic heterocycles. The molecule has 0 radical (unpaired) electrons. The Hall–Kier alpha value is -5.73. The van der Waals surface area contributed by atoms with Crippen LogP contribution in [0.1, 0.15) is 82.5 Å². The number of unbranched alkanes of at least 4 members (excludes halogenated alkanes) is 2. The van der Waals surface area contributed by atoms with Crippen LogP contribution in [0.15, 0.2) is 48.9 Å². The largest absolute Gasteiger partial charge is 0.466 e. The van der Waals surface area contributed by atoms with Crippen LogP contribution < -0.4 is 16.0 Å². The summed E-state index contributed by atoms with van der Waals surface area (Å²) < 4.78 is 10.1. The highest BCUT2D eigenvalue weighted by Gasteiger charge is 2.22. The molecule has 0 unspecified atom stereocenters. The van der Waals surface area contributed by atoms with Crippen LogP contribution in [0.5, 0.6) is 0 Å². The van der Waals surface area contributed by atoms with Gasteiger partial charge >= 0.3 is 5.97 Å². The van der Waals surface area contributed by atoms with E-state index in [-0.39, 0.29) is 61.4 Å². The van der Waals surface area contributed by atoms with Gasteiger partial charge in [-0.3, -0.25) is 38.5 Å². The summed E-state index contributed by atoms with van der Waals surface area (Å²) in [6, 6.07) is 4.82. The lowest BCUT2D eigenvalue weighted by molar-refractivity contribution is -0.144. The standard InChI is InChI=1S/C35H43N7O8/c1-5-30(44)37-24-18-26(40(3)21-24)29(43)17-23-16-27(39(2)20-23)35(49)38-25-19-28(41(4)22-25)34(48)36-13-9-15-50-33(47)10-7-6-8-14-42-31(45)11-12-32(42)46/h11-12,16,18-22H,5-10,13-15,17H2,1-4H3,(H,36,48)(H,37,44)(H,38,49). The van der Waals surface area contributed by atoms with Crippen LogP contribution in [-0.2, 0) is 51.5 Å². The maximum Gasteiger partial charge on any atom is 0.305 e. The second-order valence-corrected chi connectivity index (χ2v) is 12.1. The van der Waals surface area contributed by atoms with Gasteiger partial charge < -0.3 is 34.4 Å². The minimum Gasteiger partial charge on any atom is -0.466 e. The molecular formula is C35H43N7O8. The number of imide groups is 1. The number of esters is 1. The van der Waals surface area contributed by atoms with E-state index in [0.717, 1.165) is 0 Å². The fourth-order valence-corrected chi connectivity index (χ4v) is 5.43. The fourth-order valence-electron chi connectivity index (χ4n) is 5.43. The van der Waals surface area contributed by atoms with Crippen molar-refractivity contribution in [2.75, 3.05) is 30.3 Å². The zero-order chi connectivity index (χ0) is 36.4. The van der Waals surface area contributed by atoms with E-state index in [1.54, 1.807) is 78.6 Å². The van der Waals surface area contributed by atoms with E-state index >= 15 is 0 Å². The topological polar surface area (TPSA) is 183 Å². The summed E-state index contributed by atoms with van der Waals surface area (Å²) in [7, 11) is 5.11. The van der Waals surface area contributed by atoms with Crippen LogP contribution in [0.2, 0.25) is 0 Å². The van der Waals surface area contributed by atoms with E-state index in [1.165, 1.54) is 17.1 Å². The van der Waals surface area contributed by atoms with E-state index in [2.05, 4.69) is 16.0 Å². The van der Waals surface area contributed by atoms with Gasteiger partial charge in [0.1, 0.15) is 11.4 Å². The molecule has 15 nitrogen and oxygen atoms in total. The number of carbonyl (C=O) groups is 7. The second-order valence-electron chi connectivity index (χ2n) is 12.1. The maximum atomic E-state index is 13.1. The highest BCUT2D eigenvalue weighted by Crippen LogP contribution is 2.19. The number of hydrogen-bond acceptors (Lipinski definition) is 8. The number of Topliss-reactive ketones (excluding diaryl/α,β-unsaturated/α-hetero) is 1. The Morgan fingerprint density at radius 1 is 0.720 bits per heavy atom. The van der Waals surface area contributed by atoms with Crippen LogP contribution in [0.3, 0.4) is 0 Å². The molecule has 4 heterocycles. The van der Waals surface area contributed by atoms with Crippen LogP contribution in [0.4, 0.5) is 11.4 Å². The molecule has 5 amide bonds. The summed E-state index contributed by atoms with van der Waals surface area (Å²) in [6.07, 6.45) is 10.4. The first-order valence-corrected chi connectivity index (χ1v) is 16.5. The van der Waals surface area contributed by atoms with Gasteiger partial charge in [-0.25, -0.2) is 0 Å². The Balaban J connectivity index is 1.17. The molecule has 0 spiro atoms. The lowest BCUT2D eigenvalue weighted by Crippen LogP contribution is -2.30. The summed E-state index contributed by atoms with van der Waals surface area (Å²) in [5, 5.41) is 8.32. The van der Waals surface area contributed by atoms with Crippen molar-refractivity contribution < 1.29 is 38.3 Å². The molecule has 1 aliphatic rings. The van der Waals surface area contributed by atoms with Crippen molar-refractivity contribution in [3.63, 3.8) is 0 Å². The molecule has 1 aliphatic heterocycles. The smallest absolute Gasteiger partial charge is 0.305 e. The van der Waals surface area contributed by atoms with Crippen molar-refractivity contribution in [1.82, 2.24) is 23.9 Å². The normalized spacial score (nSPS) is 12.4. The molecular weight excluding hydrogens is 646 g/mol. The second kappa shape index (κ2) is 17.1. The van der Waals surface area contributed by atoms with Crippen molar-refractivity contribution in [1.29, 1.82) is 0 Å². The van der Waals surface area contributed by atoms with Crippen molar-refractivity contribution >= 4 is 52.7 Å². The number of amides is 5. The van der Waals surface area contributed by atoms with Crippen molar-refractivity contribution in [3.05, 3.63) is 71.6 Å². The quantitative estimate of drug-likeness (QED) is 0.0789. The third-order valence-corrected chi connectivity index (χ3v) is 8.08. The molecule has 0 saturated carbocycles. The number of rotatable bonds is 18. The highest BCUT2D eigenvalue weighted by molar-refractivity contribution is 6.12. The lowest BCUT2D eigenvalue weighted by Gasteiger charge is -2.13. The number of hydrogen-bond donors (Lipinski definition) is 3. The Morgan fingerprint density at radius 3 is 2.04 bits per heavy atom. The molecule has 15 heteroatoms. The van der Waals surface area contributed by atoms with Gasteiger partial charge in [0.2, 0.25) is 5.91 Å². The molecule has 0 aromatic carbocycles. The average molecular weight is 690 g/mol. The number of carbonyl (C=O) groups excluding carboxylic acids is 7. The van der Waals surface area contributed by atoms with E-state index in [9.17, 15) is 33.6 Å². The maximum absolute atomic E-state index is 13.1. The summed E-state index contributed by atoms with van der Waals surface area (Å²) in [4.78, 5) is 86.9. The number of anilines is 2. The summed E-state index contributed by atoms with van der Waals surface area (Å²) in [5.74, 6) is -2.07. The Kier molecular flexibility index (Phi) is 12.7. The molecule has 0 fully saturated rings. The van der Waals surface area contributed by atoms with E-state index in [1.807, 2.05) is 0 Å². The molecule has 50 heavy (non-hydrogen) atoms. The predicted molar refractivity (Wildman–Crippen MR) is 183 cm³/mol. The van der Waals surface area contributed by atoms with Gasteiger partial charge in [-0.15, -0.1) is 0 Å². The Morgan fingerprint density at radius 2 is 1.34 bits per heavy atom. The molecule has 0 bridgehead atoms. The van der Waals surface area contributed by atoms with Crippen LogP contribution in [0, 0.1) is 0 Å². The molecule has 266 valence electrons. The van der Waals surface area contributed by atoms with Crippen LogP contribution in [-0.4, -0.2) is 79.6 Å². The Labute approximate surface area is 289 Å². The third kappa shape index (κ3) is 9.90. The monoisotopic (exact) mass is 689 g/mol. The van der Waals surface area contributed by atoms with Crippen LogP contribution >= 0.6 is 0 Å². The van der Waals surface area contributed by atoms with Gasteiger partial charge in [0.05, 0.1) is 23.7 Å². The van der Waals surface area contributed by atoms with E-state index in [4.69, 9.17) is 4.74 Å². The molecule has 0 atom stereocenters. The highest BCUT2D eigenvalue weighted by atomic mass is 16.5. The number of nitrogens with zero attached hydrogens (tertiary/aromatic N) is 4. The van der Waals surface area contributed by atoms with Crippen LogP contribution in [0.25, 0.3) is 0 Å². The van der Waals surface area contributed by atoms with Crippen molar-refractivity contribution in [2.45, 2.75) is 51.9 Å². The minimum absolute atomic E-state index is 0.0559. The van der Waals surface area contributed by atoms with Gasteiger partial charge in [-0.2, -0.15) is 0 Å². The van der Waals surface area contributed by atoms with Gasteiger partial charge in [-0.05, 0) is 43.0 Å². The first kappa shape index (κ1) is 37.1. The third-order valence-electron chi connectivity index (χ3n) is 8.08. The lowest BCUT2D eigenvalue weighted by atomic mass is 10.1. The zero-order valence-electron chi connectivity index (χ0n) is 28.7. The summed E-state index contributed by atoms with van der Waals surface area (Å²) in [5.41, 5.74) is 2.67. The summed E-state index contributed by atoms with van der Waals surface area (Å²) in [6.45, 7) is 2.48. The van der Waals surface area contributed by atoms with Gasteiger partial charge in [0.15, 0.2) is 5.78 Å². The van der Waals surface area contributed by atoms with Gasteiger partial charge in [0, 0.05) is 84.2 Å². The number of ketones is 1. The van der Waals surface area contributed by atoms with Crippen molar-refractivity contribution in [3.8, 4) is 0 Å². The molecule has 0 saturated heterocycles. The predicted octanol–water partition coefficient (Wildman–Crippen LogP) is 2.88. The fraction of sp³-hybridized carbons (Fsp3) is 0.400. The Bertz CT molecular complexity index is 1790. The first-order chi connectivity index (χ1) is 23.9. The number of ether oxygens (including phenoxy) is 1. The van der Waals surface area contributed by atoms with E-state index < -0.39 is 5.91 Å². The summed E-state index contributed by atoms with van der Waals surface area (Å²) >= 11 is 0. The number of aryl methyl sites for hydroxylation is 3. The molecule has 3 aromatic rings. The van der Waals surface area contributed by atoms with E-state index in [0.29, 0.717) is 72.7 Å². The minimum atomic E-state index is -0.414. The number of nitrogens with one attached hydrogen (secondary N) is 3. The molecule has 3 N–H and O–H groups in total. The SMILES string of the molecule is CCC(=O)Nc1cc(C(=O)Cc2cc(C(=O)Nc3cc(C(=O)NCCCOC(=O)CCCCCN4C(=O)C=CC4=O)n(C)c3)n(C)c2)n(C)c1.